The SMILES string of the molecule is Cc1nc(S[C@H](C)c2cccc(F)c2)sc1CC(N)=O. The van der Waals surface area contributed by atoms with Gasteiger partial charge in [-0.1, -0.05) is 23.9 Å². The zero-order valence-electron chi connectivity index (χ0n) is 11.2. The molecule has 2 rings (SSSR count). The van der Waals surface area contributed by atoms with Crippen LogP contribution in [0.1, 0.15) is 28.3 Å². The average Bonchev–Trinajstić information content (AvgIpc) is 2.68. The van der Waals surface area contributed by atoms with Crippen LogP contribution in [0.4, 0.5) is 4.39 Å². The number of primary amides is 1. The van der Waals surface area contributed by atoms with Crippen molar-refractivity contribution in [3.63, 3.8) is 0 Å². The second kappa shape index (κ2) is 6.37. The molecule has 0 bridgehead atoms. The van der Waals surface area contributed by atoms with E-state index in [0.29, 0.717) is 0 Å². The average molecular weight is 310 g/mol. The largest absolute Gasteiger partial charge is 0.369 e. The van der Waals surface area contributed by atoms with Crippen LogP contribution in [-0.2, 0) is 11.2 Å². The molecule has 1 heterocycles. The van der Waals surface area contributed by atoms with E-state index >= 15 is 0 Å². The summed E-state index contributed by atoms with van der Waals surface area (Å²) < 4.78 is 14.1. The molecule has 1 aromatic carbocycles. The molecule has 1 amide bonds. The Morgan fingerprint density at radius 2 is 2.30 bits per heavy atom. The highest BCUT2D eigenvalue weighted by Crippen LogP contribution is 2.38. The van der Waals surface area contributed by atoms with Crippen molar-refractivity contribution in [2.24, 2.45) is 5.73 Å². The summed E-state index contributed by atoms with van der Waals surface area (Å²) in [7, 11) is 0. The van der Waals surface area contributed by atoms with Gasteiger partial charge in [-0.3, -0.25) is 4.79 Å². The summed E-state index contributed by atoms with van der Waals surface area (Å²) in [6, 6.07) is 6.56. The van der Waals surface area contributed by atoms with Crippen LogP contribution in [-0.4, -0.2) is 10.9 Å². The molecule has 0 fully saturated rings. The predicted molar refractivity (Wildman–Crippen MR) is 80.4 cm³/mol. The quantitative estimate of drug-likeness (QED) is 0.860. The first kappa shape index (κ1) is 15.0. The van der Waals surface area contributed by atoms with Crippen molar-refractivity contribution in [3.8, 4) is 0 Å². The highest BCUT2D eigenvalue weighted by atomic mass is 32.2. The Morgan fingerprint density at radius 3 is 2.95 bits per heavy atom. The number of aromatic nitrogens is 1. The van der Waals surface area contributed by atoms with E-state index in [1.807, 2.05) is 19.9 Å². The predicted octanol–water partition coefficient (Wildman–Crippen LogP) is 3.47. The third-order valence-corrected chi connectivity index (χ3v) is 5.21. The molecule has 0 radical (unpaired) electrons. The molecule has 1 aromatic heterocycles. The van der Waals surface area contributed by atoms with E-state index in [1.54, 1.807) is 17.8 Å². The molecular weight excluding hydrogens is 295 g/mol. The molecule has 0 aliphatic rings. The topological polar surface area (TPSA) is 56.0 Å². The summed E-state index contributed by atoms with van der Waals surface area (Å²) in [5.74, 6) is -0.592. The number of nitrogens with two attached hydrogens (primary N) is 1. The molecule has 0 saturated heterocycles. The molecule has 0 unspecified atom stereocenters. The summed E-state index contributed by atoms with van der Waals surface area (Å²) in [4.78, 5) is 16.3. The summed E-state index contributed by atoms with van der Waals surface area (Å²) in [5.41, 5.74) is 6.95. The number of amides is 1. The molecule has 20 heavy (non-hydrogen) atoms. The van der Waals surface area contributed by atoms with Crippen LogP contribution in [0, 0.1) is 12.7 Å². The van der Waals surface area contributed by atoms with Gasteiger partial charge in [-0.15, -0.1) is 11.3 Å². The van der Waals surface area contributed by atoms with Crippen molar-refractivity contribution in [1.29, 1.82) is 0 Å². The third-order valence-electron chi connectivity index (χ3n) is 2.80. The zero-order chi connectivity index (χ0) is 14.7. The maximum Gasteiger partial charge on any atom is 0.222 e. The van der Waals surface area contributed by atoms with Crippen LogP contribution in [0.3, 0.4) is 0 Å². The van der Waals surface area contributed by atoms with Crippen LogP contribution < -0.4 is 5.73 Å². The van der Waals surface area contributed by atoms with E-state index in [1.165, 1.54) is 23.5 Å². The van der Waals surface area contributed by atoms with Gasteiger partial charge in [0.05, 0.1) is 12.1 Å². The number of hydrogen-bond acceptors (Lipinski definition) is 4. The van der Waals surface area contributed by atoms with E-state index in [4.69, 9.17) is 5.73 Å². The Labute approximate surface area is 125 Å². The zero-order valence-corrected chi connectivity index (χ0v) is 12.9. The van der Waals surface area contributed by atoms with Crippen molar-refractivity contribution in [2.45, 2.75) is 29.9 Å². The molecule has 2 aromatic rings. The highest BCUT2D eigenvalue weighted by molar-refractivity contribution is 8.01. The lowest BCUT2D eigenvalue weighted by molar-refractivity contribution is -0.117. The van der Waals surface area contributed by atoms with Gasteiger partial charge in [-0.05, 0) is 31.5 Å². The molecule has 3 nitrogen and oxygen atoms in total. The number of halogens is 1. The van der Waals surface area contributed by atoms with Gasteiger partial charge in [-0.25, -0.2) is 9.37 Å². The first-order valence-corrected chi connectivity index (χ1v) is 7.82. The molecule has 1 atom stereocenters. The fourth-order valence-electron chi connectivity index (χ4n) is 1.75. The molecule has 0 spiro atoms. The summed E-state index contributed by atoms with van der Waals surface area (Å²) >= 11 is 3.03. The molecule has 106 valence electrons. The van der Waals surface area contributed by atoms with Gasteiger partial charge in [0.25, 0.3) is 0 Å². The number of aryl methyl sites for hydroxylation is 1. The second-order valence-electron chi connectivity index (χ2n) is 4.45. The minimum atomic E-state index is -0.355. The summed E-state index contributed by atoms with van der Waals surface area (Å²) in [6.45, 7) is 3.87. The fraction of sp³-hybridized carbons (Fsp3) is 0.286. The van der Waals surface area contributed by atoms with E-state index in [-0.39, 0.29) is 23.4 Å². The highest BCUT2D eigenvalue weighted by Gasteiger charge is 2.14. The van der Waals surface area contributed by atoms with Gasteiger partial charge in [0.15, 0.2) is 4.34 Å². The van der Waals surface area contributed by atoms with Crippen molar-refractivity contribution < 1.29 is 9.18 Å². The van der Waals surface area contributed by atoms with Gasteiger partial charge in [0, 0.05) is 10.1 Å². The van der Waals surface area contributed by atoms with Crippen LogP contribution in [0.25, 0.3) is 0 Å². The Balaban J connectivity index is 2.12. The number of nitrogens with zero attached hydrogens (tertiary/aromatic N) is 1. The van der Waals surface area contributed by atoms with Crippen molar-refractivity contribution in [3.05, 3.63) is 46.2 Å². The monoisotopic (exact) mass is 310 g/mol. The molecule has 0 aliphatic heterocycles. The lowest BCUT2D eigenvalue weighted by atomic mass is 10.2. The first-order chi connectivity index (χ1) is 9.45. The minimum Gasteiger partial charge on any atom is -0.369 e. The second-order valence-corrected chi connectivity index (χ2v) is 7.12. The number of carbonyl (C=O) groups excluding carboxylic acids is 1. The molecule has 2 N–H and O–H groups in total. The Hall–Kier alpha value is -1.40. The molecular formula is C14H15FN2OS2. The van der Waals surface area contributed by atoms with E-state index in [2.05, 4.69) is 4.98 Å². The van der Waals surface area contributed by atoms with Crippen molar-refractivity contribution in [2.75, 3.05) is 0 Å². The smallest absolute Gasteiger partial charge is 0.222 e. The van der Waals surface area contributed by atoms with Gasteiger partial charge >= 0.3 is 0 Å². The Bertz CT molecular complexity index is 627. The number of rotatable bonds is 5. The van der Waals surface area contributed by atoms with Crippen LogP contribution in [0.15, 0.2) is 28.6 Å². The maximum absolute atomic E-state index is 13.2. The third kappa shape index (κ3) is 3.80. The van der Waals surface area contributed by atoms with E-state index in [9.17, 15) is 9.18 Å². The summed E-state index contributed by atoms with van der Waals surface area (Å²) in [6.07, 6.45) is 0.221. The van der Waals surface area contributed by atoms with Crippen molar-refractivity contribution in [1.82, 2.24) is 4.98 Å². The Kier molecular flexibility index (Phi) is 4.77. The number of carbonyl (C=O) groups is 1. The number of thiazole rings is 1. The normalized spacial score (nSPS) is 12.3. The van der Waals surface area contributed by atoms with Crippen molar-refractivity contribution >= 4 is 29.0 Å². The lowest BCUT2D eigenvalue weighted by Gasteiger charge is -2.09. The van der Waals surface area contributed by atoms with Crippen LogP contribution >= 0.6 is 23.1 Å². The first-order valence-electron chi connectivity index (χ1n) is 6.12. The number of hydrogen-bond donors (Lipinski definition) is 1. The standard InChI is InChI=1S/C14H15FN2OS2/c1-8-12(7-13(16)18)20-14(17-8)19-9(2)10-4-3-5-11(15)6-10/h3-6,9H,7H2,1-2H3,(H2,16,18)/t9-/m1/s1. The minimum absolute atomic E-state index is 0.0951. The van der Waals surface area contributed by atoms with Gasteiger partial charge in [0.1, 0.15) is 5.82 Å². The molecule has 6 heteroatoms. The molecule has 0 saturated carbocycles. The van der Waals surface area contributed by atoms with Gasteiger partial charge < -0.3 is 5.73 Å². The fourth-order valence-corrected chi connectivity index (χ4v) is 4.26. The van der Waals surface area contributed by atoms with Gasteiger partial charge in [-0.2, -0.15) is 0 Å². The molecule has 0 aliphatic carbocycles. The number of thioether (sulfide) groups is 1. The number of benzene rings is 1. The van der Waals surface area contributed by atoms with E-state index in [0.717, 1.165) is 20.5 Å². The van der Waals surface area contributed by atoms with Gasteiger partial charge in [0.2, 0.25) is 5.91 Å². The van der Waals surface area contributed by atoms with E-state index < -0.39 is 0 Å². The summed E-state index contributed by atoms with van der Waals surface area (Å²) in [5, 5.41) is 0.0951. The lowest BCUT2D eigenvalue weighted by Crippen LogP contribution is -2.13. The van der Waals surface area contributed by atoms with Crippen LogP contribution in [0.2, 0.25) is 0 Å². The Morgan fingerprint density at radius 1 is 1.55 bits per heavy atom. The maximum atomic E-state index is 13.2. The van der Waals surface area contributed by atoms with Crippen LogP contribution in [0.5, 0.6) is 0 Å².